The average molecular weight is 312 g/mol. The van der Waals surface area contributed by atoms with Crippen LogP contribution in [0.4, 0.5) is 0 Å². The molecule has 7 heteroatoms. The van der Waals surface area contributed by atoms with Crippen molar-refractivity contribution in [3.8, 4) is 0 Å². The first-order valence-electron chi connectivity index (χ1n) is 6.43. The molecule has 0 atom stereocenters. The predicted octanol–water partition coefficient (Wildman–Crippen LogP) is 1.38. The summed E-state index contributed by atoms with van der Waals surface area (Å²) in [5.41, 5.74) is 5.74. The van der Waals surface area contributed by atoms with E-state index in [1.165, 1.54) is 15.6 Å². The molecule has 108 valence electrons. The molecule has 0 unspecified atom stereocenters. The summed E-state index contributed by atoms with van der Waals surface area (Å²) < 4.78 is 33.4. The van der Waals surface area contributed by atoms with Gasteiger partial charge in [-0.05, 0) is 6.07 Å². The third-order valence-corrected chi connectivity index (χ3v) is 6.72. The van der Waals surface area contributed by atoms with Gasteiger partial charge in [-0.3, -0.25) is 0 Å². The zero-order valence-corrected chi connectivity index (χ0v) is 12.5. The molecule has 2 heterocycles. The molecule has 1 aliphatic rings. The summed E-state index contributed by atoms with van der Waals surface area (Å²) in [6, 6.07) is 7.54. The highest BCUT2D eigenvalue weighted by molar-refractivity contribution is 7.89. The fourth-order valence-electron chi connectivity index (χ4n) is 2.41. The van der Waals surface area contributed by atoms with Gasteiger partial charge in [-0.25, -0.2) is 8.42 Å². The normalized spacial score (nSPS) is 17.6. The number of ether oxygens (including phenoxy) is 1. The molecule has 1 fully saturated rings. The quantitative estimate of drug-likeness (QED) is 0.929. The first-order valence-corrected chi connectivity index (χ1v) is 8.68. The number of hydrogen-bond acceptors (Lipinski definition) is 5. The summed E-state index contributed by atoms with van der Waals surface area (Å²) in [6.45, 7) is 1.92. The second-order valence-corrected chi connectivity index (χ2v) is 7.58. The monoisotopic (exact) mass is 312 g/mol. The van der Waals surface area contributed by atoms with Crippen molar-refractivity contribution < 1.29 is 13.2 Å². The second-order valence-electron chi connectivity index (χ2n) is 4.57. The highest BCUT2D eigenvalue weighted by Gasteiger charge is 2.31. The van der Waals surface area contributed by atoms with Gasteiger partial charge in [0.15, 0.2) is 0 Å². The van der Waals surface area contributed by atoms with Crippen molar-refractivity contribution in [3.05, 3.63) is 29.1 Å². The Hall–Kier alpha value is -0.990. The van der Waals surface area contributed by atoms with Gasteiger partial charge in [0.2, 0.25) is 10.0 Å². The molecule has 0 spiro atoms. The molecule has 0 amide bonds. The van der Waals surface area contributed by atoms with Crippen LogP contribution in [-0.4, -0.2) is 39.0 Å². The van der Waals surface area contributed by atoms with Crippen molar-refractivity contribution in [2.24, 2.45) is 5.73 Å². The van der Waals surface area contributed by atoms with E-state index >= 15 is 0 Å². The summed E-state index contributed by atoms with van der Waals surface area (Å²) in [5.74, 6) is 0. The number of thiophene rings is 1. The van der Waals surface area contributed by atoms with E-state index in [0.29, 0.717) is 31.2 Å². The molecule has 1 saturated heterocycles. The predicted molar refractivity (Wildman–Crippen MR) is 79.3 cm³/mol. The van der Waals surface area contributed by atoms with Crippen LogP contribution in [0, 0.1) is 0 Å². The second kappa shape index (κ2) is 5.42. The van der Waals surface area contributed by atoms with Gasteiger partial charge in [-0.2, -0.15) is 4.31 Å². The zero-order chi connectivity index (χ0) is 14.2. The Morgan fingerprint density at radius 1 is 1.25 bits per heavy atom. The van der Waals surface area contributed by atoms with Crippen LogP contribution in [-0.2, 0) is 21.3 Å². The van der Waals surface area contributed by atoms with Crippen LogP contribution in [0.1, 0.15) is 4.88 Å². The topological polar surface area (TPSA) is 72.6 Å². The lowest BCUT2D eigenvalue weighted by molar-refractivity contribution is 0.0730. The molecule has 3 rings (SSSR count). The minimum Gasteiger partial charge on any atom is -0.379 e. The van der Waals surface area contributed by atoms with Gasteiger partial charge in [0.05, 0.1) is 13.2 Å². The lowest BCUT2D eigenvalue weighted by Gasteiger charge is -2.26. The summed E-state index contributed by atoms with van der Waals surface area (Å²) >= 11 is 1.45. The number of hydrogen-bond donors (Lipinski definition) is 1. The average Bonchev–Trinajstić information content (AvgIpc) is 2.87. The largest absolute Gasteiger partial charge is 0.379 e. The van der Waals surface area contributed by atoms with E-state index in [-0.39, 0.29) is 6.54 Å². The van der Waals surface area contributed by atoms with Crippen molar-refractivity contribution in [2.45, 2.75) is 11.4 Å². The molecular formula is C13H16N2O3S2. The third-order valence-electron chi connectivity index (χ3n) is 3.37. The Kier molecular flexibility index (Phi) is 3.78. The van der Waals surface area contributed by atoms with Crippen LogP contribution in [0.15, 0.2) is 29.2 Å². The van der Waals surface area contributed by atoms with Gasteiger partial charge in [-0.15, -0.1) is 11.3 Å². The molecule has 1 aliphatic heterocycles. The molecule has 2 aromatic rings. The number of morpholine rings is 1. The molecule has 1 aromatic carbocycles. The Balaban J connectivity index is 2.17. The number of rotatable bonds is 3. The fourth-order valence-corrected chi connectivity index (χ4v) is 5.60. The van der Waals surface area contributed by atoms with Crippen LogP contribution in [0.25, 0.3) is 10.1 Å². The molecule has 2 N–H and O–H groups in total. The SMILES string of the molecule is NCc1sc2ccccc2c1S(=O)(=O)N1CCOCC1. The Labute approximate surface area is 122 Å². The molecule has 0 saturated carbocycles. The van der Waals surface area contributed by atoms with Gasteiger partial charge in [-0.1, -0.05) is 18.2 Å². The van der Waals surface area contributed by atoms with E-state index in [1.54, 1.807) is 0 Å². The molecular weight excluding hydrogens is 296 g/mol. The van der Waals surface area contributed by atoms with Crippen molar-refractivity contribution in [3.63, 3.8) is 0 Å². The van der Waals surface area contributed by atoms with E-state index in [1.807, 2.05) is 24.3 Å². The molecule has 1 aromatic heterocycles. The van der Waals surface area contributed by atoms with Crippen molar-refractivity contribution in [1.82, 2.24) is 4.31 Å². The Bertz CT molecular complexity index is 718. The van der Waals surface area contributed by atoms with Gasteiger partial charge in [0.25, 0.3) is 0 Å². The number of nitrogens with zero attached hydrogens (tertiary/aromatic N) is 1. The first-order chi connectivity index (χ1) is 9.64. The minimum absolute atomic E-state index is 0.234. The summed E-state index contributed by atoms with van der Waals surface area (Å²) in [6.07, 6.45) is 0. The summed E-state index contributed by atoms with van der Waals surface area (Å²) in [5, 5.41) is 0.768. The van der Waals surface area contributed by atoms with Gasteiger partial charge in [0.1, 0.15) is 4.90 Å². The smallest absolute Gasteiger partial charge is 0.245 e. The van der Waals surface area contributed by atoms with Crippen molar-refractivity contribution >= 4 is 31.4 Å². The molecule has 0 bridgehead atoms. The molecule has 0 radical (unpaired) electrons. The number of nitrogens with two attached hydrogens (primary N) is 1. The Morgan fingerprint density at radius 2 is 1.95 bits per heavy atom. The molecule has 5 nitrogen and oxygen atoms in total. The first kappa shape index (κ1) is 14.0. The van der Waals surface area contributed by atoms with Gasteiger partial charge in [0, 0.05) is 34.6 Å². The van der Waals surface area contributed by atoms with E-state index in [9.17, 15) is 8.42 Å². The van der Waals surface area contributed by atoms with Crippen LogP contribution in [0.5, 0.6) is 0 Å². The Morgan fingerprint density at radius 3 is 2.65 bits per heavy atom. The maximum absolute atomic E-state index is 12.9. The summed E-state index contributed by atoms with van der Waals surface area (Å²) in [7, 11) is -3.50. The van der Waals surface area contributed by atoms with E-state index in [2.05, 4.69) is 0 Å². The minimum atomic E-state index is -3.50. The fraction of sp³-hybridized carbons (Fsp3) is 0.385. The van der Waals surface area contributed by atoms with Crippen molar-refractivity contribution in [1.29, 1.82) is 0 Å². The van der Waals surface area contributed by atoms with E-state index in [4.69, 9.17) is 10.5 Å². The standard InChI is InChI=1S/C13H16N2O3S2/c14-9-12-13(10-3-1-2-4-11(10)19-12)20(16,17)15-5-7-18-8-6-15/h1-4H,5-9,14H2. The lowest BCUT2D eigenvalue weighted by atomic mass is 10.2. The third kappa shape index (κ3) is 2.25. The van der Waals surface area contributed by atoms with Gasteiger partial charge >= 0.3 is 0 Å². The molecule has 20 heavy (non-hydrogen) atoms. The lowest BCUT2D eigenvalue weighted by Crippen LogP contribution is -2.40. The highest BCUT2D eigenvalue weighted by Crippen LogP contribution is 2.36. The number of sulfonamides is 1. The van der Waals surface area contributed by atoms with E-state index < -0.39 is 10.0 Å². The maximum atomic E-state index is 12.9. The van der Waals surface area contributed by atoms with Crippen LogP contribution in [0.3, 0.4) is 0 Å². The number of benzene rings is 1. The van der Waals surface area contributed by atoms with Crippen LogP contribution < -0.4 is 5.73 Å². The van der Waals surface area contributed by atoms with Crippen molar-refractivity contribution in [2.75, 3.05) is 26.3 Å². The van der Waals surface area contributed by atoms with Crippen LogP contribution in [0.2, 0.25) is 0 Å². The van der Waals surface area contributed by atoms with E-state index in [0.717, 1.165) is 15.0 Å². The maximum Gasteiger partial charge on any atom is 0.245 e. The zero-order valence-electron chi connectivity index (χ0n) is 10.9. The van der Waals surface area contributed by atoms with Gasteiger partial charge < -0.3 is 10.5 Å². The van der Waals surface area contributed by atoms with Crippen LogP contribution >= 0.6 is 11.3 Å². The summed E-state index contributed by atoms with van der Waals surface area (Å²) in [4.78, 5) is 1.10. The highest BCUT2D eigenvalue weighted by atomic mass is 32.2. The molecule has 0 aliphatic carbocycles. The number of fused-ring (bicyclic) bond motifs is 1.